The predicted molar refractivity (Wildman–Crippen MR) is 82.4 cm³/mol. The smallest absolute Gasteiger partial charge is 0.273 e. The molecule has 1 aliphatic rings. The third-order valence-corrected chi connectivity index (χ3v) is 5.10. The van der Waals surface area contributed by atoms with E-state index in [2.05, 4.69) is 30.8 Å². The van der Waals surface area contributed by atoms with Crippen LogP contribution in [0.4, 0.5) is 0 Å². The molecular weight excluding hydrogens is 288 g/mol. The molecule has 0 atom stereocenters. The maximum Gasteiger partial charge on any atom is 0.273 e. The van der Waals surface area contributed by atoms with Gasteiger partial charge in [0, 0.05) is 12.1 Å². The molecule has 120 valence electrons. The van der Waals surface area contributed by atoms with Crippen LogP contribution in [-0.4, -0.2) is 20.5 Å². The SMILES string of the molecule is CC(C)(C)NCc1ccc(S(=O)(=O)NCCC2CCC2)o1. The van der Waals surface area contributed by atoms with E-state index in [1.54, 1.807) is 6.07 Å². The van der Waals surface area contributed by atoms with Crippen molar-refractivity contribution < 1.29 is 12.8 Å². The Kier molecular flexibility index (Phi) is 5.11. The summed E-state index contributed by atoms with van der Waals surface area (Å²) in [6.45, 7) is 7.16. The summed E-state index contributed by atoms with van der Waals surface area (Å²) >= 11 is 0. The fourth-order valence-corrected chi connectivity index (χ4v) is 3.19. The van der Waals surface area contributed by atoms with Crippen molar-refractivity contribution in [2.45, 2.75) is 63.6 Å². The minimum atomic E-state index is -3.52. The van der Waals surface area contributed by atoms with Crippen molar-refractivity contribution in [2.75, 3.05) is 6.54 Å². The van der Waals surface area contributed by atoms with Crippen molar-refractivity contribution in [1.29, 1.82) is 0 Å². The van der Waals surface area contributed by atoms with E-state index in [4.69, 9.17) is 4.42 Å². The van der Waals surface area contributed by atoms with Crippen molar-refractivity contribution in [3.63, 3.8) is 0 Å². The molecule has 1 aliphatic carbocycles. The summed E-state index contributed by atoms with van der Waals surface area (Å²) in [6.07, 6.45) is 4.65. The summed E-state index contributed by atoms with van der Waals surface area (Å²) in [5.41, 5.74) is -0.0349. The van der Waals surface area contributed by atoms with Crippen LogP contribution < -0.4 is 10.0 Å². The minimum Gasteiger partial charge on any atom is -0.447 e. The average Bonchev–Trinajstić information content (AvgIpc) is 2.78. The van der Waals surface area contributed by atoms with Crippen LogP contribution in [0.2, 0.25) is 0 Å². The highest BCUT2D eigenvalue weighted by Gasteiger charge is 2.21. The highest BCUT2D eigenvalue weighted by molar-refractivity contribution is 7.89. The van der Waals surface area contributed by atoms with Crippen LogP contribution in [0.25, 0.3) is 0 Å². The molecule has 0 spiro atoms. The molecule has 0 saturated heterocycles. The molecule has 1 fully saturated rings. The van der Waals surface area contributed by atoms with Crippen LogP contribution in [0.3, 0.4) is 0 Å². The van der Waals surface area contributed by atoms with Crippen LogP contribution in [0.1, 0.15) is 52.2 Å². The van der Waals surface area contributed by atoms with Crippen LogP contribution >= 0.6 is 0 Å². The Morgan fingerprint density at radius 2 is 2.00 bits per heavy atom. The first-order chi connectivity index (χ1) is 9.76. The monoisotopic (exact) mass is 314 g/mol. The zero-order valence-corrected chi connectivity index (χ0v) is 13.9. The second kappa shape index (κ2) is 6.50. The lowest BCUT2D eigenvalue weighted by molar-refractivity contribution is 0.297. The Labute approximate surface area is 127 Å². The van der Waals surface area contributed by atoms with Gasteiger partial charge in [0.15, 0.2) is 0 Å². The largest absolute Gasteiger partial charge is 0.447 e. The van der Waals surface area contributed by atoms with Crippen molar-refractivity contribution >= 4 is 10.0 Å². The fourth-order valence-electron chi connectivity index (χ4n) is 2.20. The Morgan fingerprint density at radius 3 is 2.57 bits per heavy atom. The van der Waals surface area contributed by atoms with Gasteiger partial charge in [-0.15, -0.1) is 0 Å². The molecule has 2 rings (SSSR count). The van der Waals surface area contributed by atoms with Gasteiger partial charge in [0.05, 0.1) is 6.54 Å². The molecule has 0 amide bonds. The zero-order chi connectivity index (χ0) is 15.5. The van der Waals surface area contributed by atoms with Crippen LogP contribution in [0, 0.1) is 5.92 Å². The van der Waals surface area contributed by atoms with Crippen LogP contribution in [0.15, 0.2) is 21.6 Å². The zero-order valence-electron chi connectivity index (χ0n) is 13.1. The maximum atomic E-state index is 12.1. The first-order valence-corrected chi connectivity index (χ1v) is 9.08. The summed E-state index contributed by atoms with van der Waals surface area (Å²) < 4.78 is 32.3. The van der Waals surface area contributed by atoms with Crippen molar-refractivity contribution in [2.24, 2.45) is 5.92 Å². The summed E-state index contributed by atoms with van der Waals surface area (Å²) in [7, 11) is -3.52. The number of nitrogens with one attached hydrogen (secondary N) is 2. The molecule has 1 saturated carbocycles. The average molecular weight is 314 g/mol. The second-order valence-electron chi connectivity index (χ2n) is 6.81. The topological polar surface area (TPSA) is 71.3 Å². The normalized spacial score (nSPS) is 16.9. The Balaban J connectivity index is 1.85. The van der Waals surface area contributed by atoms with Gasteiger partial charge in [0.25, 0.3) is 10.0 Å². The van der Waals surface area contributed by atoms with Crippen LogP contribution in [-0.2, 0) is 16.6 Å². The number of rotatable bonds is 7. The lowest BCUT2D eigenvalue weighted by Crippen LogP contribution is -2.34. The molecule has 0 radical (unpaired) electrons. The Hall–Kier alpha value is -0.850. The summed E-state index contributed by atoms with van der Waals surface area (Å²) in [6, 6.07) is 3.23. The van der Waals surface area contributed by atoms with Gasteiger partial charge in [-0.2, -0.15) is 0 Å². The first-order valence-electron chi connectivity index (χ1n) is 7.60. The second-order valence-corrected chi connectivity index (χ2v) is 8.51. The van der Waals surface area contributed by atoms with Gasteiger partial charge in [-0.05, 0) is 45.2 Å². The maximum absolute atomic E-state index is 12.1. The predicted octanol–water partition coefficient (Wildman–Crippen LogP) is 2.64. The number of furan rings is 1. The highest BCUT2D eigenvalue weighted by Crippen LogP contribution is 2.28. The van der Waals surface area contributed by atoms with E-state index in [0.717, 1.165) is 6.42 Å². The number of hydrogen-bond donors (Lipinski definition) is 2. The van der Waals surface area contributed by atoms with Crippen LogP contribution in [0.5, 0.6) is 0 Å². The molecule has 1 aromatic heterocycles. The molecule has 0 unspecified atom stereocenters. The molecule has 21 heavy (non-hydrogen) atoms. The Morgan fingerprint density at radius 1 is 1.29 bits per heavy atom. The summed E-state index contributed by atoms with van der Waals surface area (Å²) in [4.78, 5) is 0. The van der Waals surface area contributed by atoms with Crippen molar-refractivity contribution in [3.05, 3.63) is 17.9 Å². The van der Waals surface area contributed by atoms with E-state index in [-0.39, 0.29) is 10.6 Å². The molecule has 6 heteroatoms. The van der Waals surface area contributed by atoms with E-state index < -0.39 is 10.0 Å². The number of hydrogen-bond acceptors (Lipinski definition) is 4. The lowest BCUT2D eigenvalue weighted by Gasteiger charge is -2.24. The number of sulfonamides is 1. The van der Waals surface area contributed by atoms with E-state index in [1.807, 2.05) is 0 Å². The summed E-state index contributed by atoms with van der Waals surface area (Å²) in [5, 5.41) is 3.27. The minimum absolute atomic E-state index is 0.00168. The van der Waals surface area contributed by atoms with Gasteiger partial charge in [0.2, 0.25) is 5.09 Å². The third kappa shape index (κ3) is 5.13. The van der Waals surface area contributed by atoms with E-state index >= 15 is 0 Å². The van der Waals surface area contributed by atoms with E-state index in [9.17, 15) is 8.42 Å². The highest BCUT2D eigenvalue weighted by atomic mass is 32.2. The van der Waals surface area contributed by atoms with Gasteiger partial charge in [0.1, 0.15) is 5.76 Å². The van der Waals surface area contributed by atoms with Gasteiger partial charge in [-0.1, -0.05) is 19.3 Å². The van der Waals surface area contributed by atoms with Gasteiger partial charge >= 0.3 is 0 Å². The lowest BCUT2D eigenvalue weighted by atomic mass is 9.83. The van der Waals surface area contributed by atoms with Gasteiger partial charge < -0.3 is 9.73 Å². The molecule has 0 bridgehead atoms. The fraction of sp³-hybridized carbons (Fsp3) is 0.733. The van der Waals surface area contributed by atoms with E-state index in [1.165, 1.54) is 25.3 Å². The van der Waals surface area contributed by atoms with E-state index in [0.29, 0.717) is 24.8 Å². The third-order valence-electron chi connectivity index (χ3n) is 3.76. The van der Waals surface area contributed by atoms with Crippen molar-refractivity contribution in [3.8, 4) is 0 Å². The molecule has 1 aromatic rings. The molecule has 1 heterocycles. The quantitative estimate of drug-likeness (QED) is 0.811. The van der Waals surface area contributed by atoms with Gasteiger partial charge in [-0.25, -0.2) is 13.1 Å². The molecule has 2 N–H and O–H groups in total. The Bertz CT molecular complexity index is 554. The molecule has 0 aromatic carbocycles. The standard InChI is InChI=1S/C15H26N2O3S/c1-15(2,3)16-11-13-7-8-14(20-13)21(18,19)17-10-9-12-5-4-6-12/h7-8,12,16-17H,4-6,9-11H2,1-3H3. The van der Waals surface area contributed by atoms with Gasteiger partial charge in [-0.3, -0.25) is 0 Å². The molecule has 0 aliphatic heterocycles. The summed E-state index contributed by atoms with van der Waals surface area (Å²) in [5.74, 6) is 1.32. The molecular formula is C15H26N2O3S. The van der Waals surface area contributed by atoms with Crippen molar-refractivity contribution in [1.82, 2.24) is 10.0 Å². The first kappa shape index (κ1) is 16.5. The molecule has 5 nitrogen and oxygen atoms in total.